The zero-order valence-corrected chi connectivity index (χ0v) is 18.7. The summed E-state index contributed by atoms with van der Waals surface area (Å²) < 4.78 is 5.81. The Morgan fingerprint density at radius 1 is 1.20 bits per heavy atom. The molecule has 2 heterocycles. The van der Waals surface area contributed by atoms with Gasteiger partial charge in [-0.3, -0.25) is 4.79 Å². The second kappa shape index (κ2) is 12.8. The van der Waals surface area contributed by atoms with Crippen LogP contribution in [0.4, 0.5) is 5.82 Å². The Bertz CT molecular complexity index is 907. The third-order valence-electron chi connectivity index (χ3n) is 5.05. The first-order valence-electron chi connectivity index (χ1n) is 11.0. The van der Waals surface area contributed by atoms with E-state index in [0.29, 0.717) is 5.82 Å². The van der Waals surface area contributed by atoms with Crippen molar-refractivity contribution >= 4 is 23.9 Å². The molecule has 1 fully saturated rings. The van der Waals surface area contributed by atoms with Gasteiger partial charge in [0.2, 0.25) is 5.91 Å². The van der Waals surface area contributed by atoms with Gasteiger partial charge in [0.05, 0.1) is 6.26 Å². The smallest absolute Gasteiger partial charge is 0.228 e. The summed E-state index contributed by atoms with van der Waals surface area (Å²) in [5.74, 6) is 1.47. The lowest BCUT2D eigenvalue weighted by atomic mass is 9.97. The number of ether oxygens (including phenoxy) is 1. The quantitative estimate of drug-likeness (QED) is 0.507. The molecule has 1 aromatic rings. The van der Waals surface area contributed by atoms with Crippen molar-refractivity contribution in [1.29, 1.82) is 0 Å². The molecule has 0 spiro atoms. The SMILES string of the molecule is C/C=C(O/C=C/CC)/C(/C=c1/cc(NC(=O)C2CCNCC2)nc/c1=C\CC)=C/C. The van der Waals surface area contributed by atoms with Gasteiger partial charge in [-0.05, 0) is 87.4 Å². The van der Waals surface area contributed by atoms with Crippen LogP contribution < -0.4 is 21.1 Å². The molecular formula is C25H35N3O2. The number of amides is 1. The number of hydrogen-bond acceptors (Lipinski definition) is 4. The van der Waals surface area contributed by atoms with Crippen LogP contribution in [0.15, 0.2) is 48.1 Å². The maximum atomic E-state index is 12.6. The van der Waals surface area contributed by atoms with E-state index < -0.39 is 0 Å². The molecule has 1 aromatic heterocycles. The van der Waals surface area contributed by atoms with E-state index in [1.165, 1.54) is 0 Å². The topological polar surface area (TPSA) is 63.2 Å². The lowest BCUT2D eigenvalue weighted by Crippen LogP contribution is -2.35. The molecule has 1 saturated heterocycles. The number of nitrogens with zero attached hydrogens (tertiary/aromatic N) is 1. The number of carbonyl (C=O) groups is 1. The summed E-state index contributed by atoms with van der Waals surface area (Å²) in [5.41, 5.74) is 0.978. The molecule has 5 nitrogen and oxygen atoms in total. The highest BCUT2D eigenvalue weighted by atomic mass is 16.5. The molecular weight excluding hydrogens is 374 g/mol. The van der Waals surface area contributed by atoms with E-state index in [4.69, 9.17) is 4.74 Å². The summed E-state index contributed by atoms with van der Waals surface area (Å²) in [6, 6.07) is 1.94. The maximum Gasteiger partial charge on any atom is 0.228 e. The van der Waals surface area contributed by atoms with Crippen molar-refractivity contribution in [2.75, 3.05) is 18.4 Å². The average Bonchev–Trinajstić information content (AvgIpc) is 2.77. The van der Waals surface area contributed by atoms with Gasteiger partial charge in [-0.25, -0.2) is 4.98 Å². The van der Waals surface area contributed by atoms with Gasteiger partial charge in [0.15, 0.2) is 0 Å². The number of allylic oxidation sites excluding steroid dienone is 4. The predicted octanol–water partition coefficient (Wildman–Crippen LogP) is 3.78. The third-order valence-corrected chi connectivity index (χ3v) is 5.05. The van der Waals surface area contributed by atoms with Crippen molar-refractivity contribution in [3.63, 3.8) is 0 Å². The molecule has 0 unspecified atom stereocenters. The van der Waals surface area contributed by atoms with Crippen molar-refractivity contribution in [3.8, 4) is 0 Å². The third kappa shape index (κ3) is 6.99. The van der Waals surface area contributed by atoms with E-state index in [1.54, 1.807) is 6.26 Å². The van der Waals surface area contributed by atoms with Crippen LogP contribution in [0.1, 0.15) is 53.4 Å². The van der Waals surface area contributed by atoms with Gasteiger partial charge < -0.3 is 15.4 Å². The highest BCUT2D eigenvalue weighted by molar-refractivity contribution is 5.91. The standard InChI is InChI=1S/C25H35N3O2/c1-5-9-15-30-23(8-4)19(7-3)16-22-17-24(27-18-21(22)10-6-2)28-25(29)20-11-13-26-14-12-20/h7-10,15-18,20,26H,5-6,11-14H2,1-4H3,(H,28,29)/b15-9+,19-7+,21-10+,22-16-,23-8-. The summed E-state index contributed by atoms with van der Waals surface area (Å²) >= 11 is 0. The normalized spacial score (nSPS) is 17.6. The number of nitrogens with one attached hydrogen (secondary N) is 2. The van der Waals surface area contributed by atoms with Gasteiger partial charge in [-0.1, -0.05) is 26.0 Å². The van der Waals surface area contributed by atoms with Gasteiger partial charge in [0, 0.05) is 17.7 Å². The molecule has 0 bridgehead atoms. The minimum absolute atomic E-state index is 0.0434. The van der Waals surface area contributed by atoms with Crippen LogP contribution in [0.5, 0.6) is 0 Å². The van der Waals surface area contributed by atoms with E-state index in [-0.39, 0.29) is 11.8 Å². The van der Waals surface area contributed by atoms with Crippen LogP contribution in [-0.2, 0) is 9.53 Å². The minimum atomic E-state index is 0.0434. The van der Waals surface area contributed by atoms with Crippen molar-refractivity contribution in [2.45, 2.75) is 53.4 Å². The molecule has 0 aliphatic carbocycles. The first kappa shape index (κ1) is 23.6. The first-order chi connectivity index (χ1) is 14.6. The molecule has 1 aliphatic rings. The Balaban J connectivity index is 2.35. The number of anilines is 1. The van der Waals surface area contributed by atoms with E-state index >= 15 is 0 Å². The van der Waals surface area contributed by atoms with Crippen LogP contribution in [0, 0.1) is 5.92 Å². The molecule has 0 atom stereocenters. The fourth-order valence-electron chi connectivity index (χ4n) is 3.36. The number of aromatic nitrogens is 1. The summed E-state index contributed by atoms with van der Waals surface area (Å²) in [5, 5.41) is 8.34. The summed E-state index contributed by atoms with van der Waals surface area (Å²) in [6.45, 7) is 9.90. The fourth-order valence-corrected chi connectivity index (χ4v) is 3.36. The maximum absolute atomic E-state index is 12.6. The average molecular weight is 410 g/mol. The molecule has 5 heteroatoms. The Morgan fingerprint density at radius 2 is 1.97 bits per heavy atom. The molecule has 0 radical (unpaired) electrons. The molecule has 0 saturated carbocycles. The van der Waals surface area contributed by atoms with Gasteiger partial charge in [-0.15, -0.1) is 0 Å². The molecule has 162 valence electrons. The van der Waals surface area contributed by atoms with Crippen molar-refractivity contribution in [1.82, 2.24) is 10.3 Å². The summed E-state index contributed by atoms with van der Waals surface area (Å²) in [7, 11) is 0. The van der Waals surface area contributed by atoms with Crippen molar-refractivity contribution < 1.29 is 9.53 Å². The van der Waals surface area contributed by atoms with Gasteiger partial charge >= 0.3 is 0 Å². The Hall–Kier alpha value is -2.66. The highest BCUT2D eigenvalue weighted by Crippen LogP contribution is 2.15. The van der Waals surface area contributed by atoms with E-state index in [9.17, 15) is 4.79 Å². The Kier molecular flexibility index (Phi) is 10.1. The number of hydrogen-bond donors (Lipinski definition) is 2. The van der Waals surface area contributed by atoms with Crippen LogP contribution in [0.2, 0.25) is 0 Å². The van der Waals surface area contributed by atoms with Crippen LogP contribution in [0.25, 0.3) is 12.2 Å². The molecule has 1 amide bonds. The second-order valence-electron chi connectivity index (χ2n) is 7.26. The number of piperidine rings is 1. The highest BCUT2D eigenvalue weighted by Gasteiger charge is 2.21. The monoisotopic (exact) mass is 409 g/mol. The van der Waals surface area contributed by atoms with Crippen LogP contribution in [-0.4, -0.2) is 24.0 Å². The molecule has 2 rings (SSSR count). The molecule has 0 aromatic carbocycles. The van der Waals surface area contributed by atoms with Crippen molar-refractivity contribution in [3.05, 3.63) is 58.5 Å². The Labute approximate surface area is 180 Å². The Morgan fingerprint density at radius 3 is 2.60 bits per heavy atom. The zero-order chi connectivity index (χ0) is 21.8. The number of pyridine rings is 1. The van der Waals surface area contributed by atoms with Crippen LogP contribution in [0.3, 0.4) is 0 Å². The summed E-state index contributed by atoms with van der Waals surface area (Å²) in [4.78, 5) is 17.1. The fraction of sp³-hybridized carbons (Fsp3) is 0.440. The number of rotatable bonds is 8. The molecule has 2 N–H and O–H groups in total. The van der Waals surface area contributed by atoms with Gasteiger partial charge in [-0.2, -0.15) is 0 Å². The lowest BCUT2D eigenvalue weighted by molar-refractivity contribution is -0.120. The molecule has 30 heavy (non-hydrogen) atoms. The van der Waals surface area contributed by atoms with Gasteiger partial charge in [0.25, 0.3) is 0 Å². The zero-order valence-electron chi connectivity index (χ0n) is 18.7. The first-order valence-corrected chi connectivity index (χ1v) is 11.0. The largest absolute Gasteiger partial charge is 0.465 e. The van der Waals surface area contributed by atoms with Gasteiger partial charge in [0.1, 0.15) is 11.6 Å². The predicted molar refractivity (Wildman–Crippen MR) is 125 cm³/mol. The molecule has 1 aliphatic heterocycles. The van der Waals surface area contributed by atoms with E-state index in [0.717, 1.165) is 60.5 Å². The van der Waals surface area contributed by atoms with Crippen molar-refractivity contribution in [2.24, 2.45) is 5.92 Å². The second-order valence-corrected chi connectivity index (χ2v) is 7.26. The van der Waals surface area contributed by atoms with Crippen LogP contribution >= 0.6 is 0 Å². The van der Waals surface area contributed by atoms with E-state index in [1.807, 2.05) is 44.3 Å². The number of carbonyl (C=O) groups excluding carboxylic acids is 1. The summed E-state index contributed by atoms with van der Waals surface area (Å²) in [6.07, 6.45) is 17.3. The van der Waals surface area contributed by atoms with E-state index in [2.05, 4.69) is 41.6 Å². The lowest BCUT2D eigenvalue weighted by Gasteiger charge is -2.21. The minimum Gasteiger partial charge on any atom is -0.465 e.